The molecule has 1 aromatic heterocycles. The van der Waals surface area contributed by atoms with E-state index >= 15 is 0 Å². The lowest BCUT2D eigenvalue weighted by Crippen LogP contribution is -2.41. The van der Waals surface area contributed by atoms with Crippen LogP contribution in [-0.4, -0.2) is 28.4 Å². The fourth-order valence-corrected chi connectivity index (χ4v) is 2.07. The Hall–Kier alpha value is -2.18. The molecule has 7 nitrogen and oxygen atoms in total. The largest absolute Gasteiger partial charge is 0.368 e. The molecule has 17 heavy (non-hydrogen) atoms. The number of rotatable bonds is 3. The maximum atomic E-state index is 11.2. The highest BCUT2D eigenvalue weighted by atomic mass is 16.6. The highest BCUT2D eigenvalue weighted by Gasteiger charge is 2.33. The summed E-state index contributed by atoms with van der Waals surface area (Å²) in [5, 5.41) is 10.9. The van der Waals surface area contributed by atoms with E-state index in [0.717, 1.165) is 6.42 Å². The first-order valence-electron chi connectivity index (χ1n) is 5.26. The summed E-state index contributed by atoms with van der Waals surface area (Å²) in [4.78, 5) is 27.2. The van der Waals surface area contributed by atoms with Gasteiger partial charge in [0.2, 0.25) is 11.7 Å². The topological polar surface area (TPSA) is 102 Å². The predicted molar refractivity (Wildman–Crippen MR) is 60.5 cm³/mol. The molecule has 1 aliphatic rings. The van der Waals surface area contributed by atoms with Crippen molar-refractivity contribution >= 4 is 17.4 Å². The van der Waals surface area contributed by atoms with E-state index in [0.29, 0.717) is 13.0 Å². The maximum Gasteiger partial charge on any atom is 0.311 e. The SMILES string of the molecule is NC(=O)[C@H]1CCCN1c1ncccc1[N+](=O)[O-]. The van der Waals surface area contributed by atoms with Gasteiger partial charge < -0.3 is 10.6 Å². The summed E-state index contributed by atoms with van der Waals surface area (Å²) in [6.45, 7) is 0.561. The standard InChI is InChI=1S/C10H12N4O3/c11-9(15)7-4-2-6-13(7)10-8(14(16)17)3-1-5-12-10/h1,3,5,7H,2,4,6H2,(H2,11,15)/t7-/m1/s1. The van der Waals surface area contributed by atoms with E-state index in [4.69, 9.17) is 5.73 Å². The molecule has 0 aliphatic carbocycles. The average molecular weight is 236 g/mol. The van der Waals surface area contributed by atoms with Crippen molar-refractivity contribution in [1.29, 1.82) is 0 Å². The second-order valence-electron chi connectivity index (χ2n) is 3.86. The zero-order valence-corrected chi connectivity index (χ0v) is 9.07. The lowest BCUT2D eigenvalue weighted by atomic mass is 10.2. The summed E-state index contributed by atoms with van der Waals surface area (Å²) in [6.07, 6.45) is 2.86. The number of primary amides is 1. The Labute approximate surface area is 97.4 Å². The zero-order chi connectivity index (χ0) is 12.4. The van der Waals surface area contributed by atoms with E-state index in [-0.39, 0.29) is 11.5 Å². The molecule has 2 rings (SSSR count). The van der Waals surface area contributed by atoms with Gasteiger partial charge in [0.25, 0.3) is 0 Å². The fraction of sp³-hybridized carbons (Fsp3) is 0.400. The minimum atomic E-state index is -0.501. The van der Waals surface area contributed by atoms with Crippen LogP contribution in [0.4, 0.5) is 11.5 Å². The van der Waals surface area contributed by atoms with Crippen molar-refractivity contribution in [1.82, 2.24) is 4.98 Å². The van der Waals surface area contributed by atoms with Crippen LogP contribution in [0.2, 0.25) is 0 Å². The Balaban J connectivity index is 2.39. The van der Waals surface area contributed by atoms with E-state index in [9.17, 15) is 14.9 Å². The van der Waals surface area contributed by atoms with Crippen molar-refractivity contribution in [2.45, 2.75) is 18.9 Å². The quantitative estimate of drug-likeness (QED) is 0.606. The first-order valence-corrected chi connectivity index (χ1v) is 5.26. The van der Waals surface area contributed by atoms with Crippen LogP contribution in [0.25, 0.3) is 0 Å². The van der Waals surface area contributed by atoms with Crippen molar-refractivity contribution < 1.29 is 9.72 Å². The molecule has 0 unspecified atom stereocenters. The van der Waals surface area contributed by atoms with Gasteiger partial charge in [0.1, 0.15) is 6.04 Å². The number of nitro groups is 1. The number of carbonyl (C=O) groups is 1. The number of carbonyl (C=O) groups excluding carboxylic acids is 1. The number of aromatic nitrogens is 1. The smallest absolute Gasteiger partial charge is 0.311 e. The molecule has 90 valence electrons. The van der Waals surface area contributed by atoms with Gasteiger partial charge in [0.05, 0.1) is 4.92 Å². The van der Waals surface area contributed by atoms with E-state index in [1.807, 2.05) is 0 Å². The van der Waals surface area contributed by atoms with E-state index < -0.39 is 16.9 Å². The molecule has 1 fully saturated rings. The van der Waals surface area contributed by atoms with Gasteiger partial charge in [-0.1, -0.05) is 0 Å². The molecule has 1 amide bonds. The number of hydrogen-bond donors (Lipinski definition) is 1. The molecule has 0 spiro atoms. The molecular formula is C10H12N4O3. The van der Waals surface area contributed by atoms with Gasteiger partial charge in [-0.15, -0.1) is 0 Å². The second kappa shape index (κ2) is 4.36. The van der Waals surface area contributed by atoms with Crippen LogP contribution >= 0.6 is 0 Å². The van der Waals surface area contributed by atoms with E-state index in [1.54, 1.807) is 4.90 Å². The average Bonchev–Trinajstić information content (AvgIpc) is 2.77. The van der Waals surface area contributed by atoms with Gasteiger partial charge in [-0.2, -0.15) is 0 Å². The zero-order valence-electron chi connectivity index (χ0n) is 9.07. The first-order chi connectivity index (χ1) is 8.11. The Morgan fingerprint density at radius 2 is 2.41 bits per heavy atom. The van der Waals surface area contributed by atoms with Crippen LogP contribution in [-0.2, 0) is 4.79 Å². The minimum Gasteiger partial charge on any atom is -0.368 e. The van der Waals surface area contributed by atoms with Crippen LogP contribution in [0.15, 0.2) is 18.3 Å². The third-order valence-corrected chi connectivity index (χ3v) is 2.82. The van der Waals surface area contributed by atoms with Gasteiger partial charge >= 0.3 is 5.69 Å². The summed E-state index contributed by atoms with van der Waals surface area (Å²) in [7, 11) is 0. The summed E-state index contributed by atoms with van der Waals surface area (Å²) < 4.78 is 0. The van der Waals surface area contributed by atoms with Crippen molar-refractivity contribution in [2.24, 2.45) is 5.73 Å². The predicted octanol–water partition coefficient (Wildman–Crippen LogP) is 0.444. The van der Waals surface area contributed by atoms with Gasteiger partial charge in [0.15, 0.2) is 0 Å². The monoisotopic (exact) mass is 236 g/mol. The highest BCUT2D eigenvalue weighted by molar-refractivity contribution is 5.84. The van der Waals surface area contributed by atoms with Gasteiger partial charge in [0, 0.05) is 18.8 Å². The third-order valence-electron chi connectivity index (χ3n) is 2.82. The summed E-state index contributed by atoms with van der Waals surface area (Å²) in [6, 6.07) is 2.37. The number of nitrogens with two attached hydrogens (primary N) is 1. The van der Waals surface area contributed by atoms with Crippen molar-refractivity contribution in [3.63, 3.8) is 0 Å². The Bertz CT molecular complexity index is 463. The van der Waals surface area contributed by atoms with Crippen molar-refractivity contribution in [3.8, 4) is 0 Å². The molecule has 0 bridgehead atoms. The molecule has 0 saturated carbocycles. The normalized spacial score (nSPS) is 19.3. The molecule has 1 aromatic rings. The lowest BCUT2D eigenvalue weighted by Gasteiger charge is -2.22. The minimum absolute atomic E-state index is 0.0966. The van der Waals surface area contributed by atoms with Crippen LogP contribution < -0.4 is 10.6 Å². The molecule has 0 radical (unpaired) electrons. The molecule has 0 aromatic carbocycles. The molecule has 7 heteroatoms. The van der Waals surface area contributed by atoms with E-state index in [1.165, 1.54) is 18.3 Å². The van der Waals surface area contributed by atoms with Crippen LogP contribution in [0.3, 0.4) is 0 Å². The molecule has 1 atom stereocenters. The molecule has 1 aliphatic heterocycles. The van der Waals surface area contributed by atoms with Gasteiger partial charge in [-0.25, -0.2) is 4.98 Å². The van der Waals surface area contributed by atoms with Crippen LogP contribution in [0.1, 0.15) is 12.8 Å². The summed E-state index contributed by atoms with van der Waals surface area (Å²) >= 11 is 0. The molecule has 2 N–H and O–H groups in total. The number of amides is 1. The second-order valence-corrected chi connectivity index (χ2v) is 3.86. The highest BCUT2D eigenvalue weighted by Crippen LogP contribution is 2.30. The number of anilines is 1. The Morgan fingerprint density at radius 1 is 1.65 bits per heavy atom. The fourth-order valence-electron chi connectivity index (χ4n) is 2.07. The molecular weight excluding hydrogens is 224 g/mol. The van der Waals surface area contributed by atoms with Crippen LogP contribution in [0.5, 0.6) is 0 Å². The van der Waals surface area contributed by atoms with Gasteiger partial charge in [-0.05, 0) is 18.9 Å². The maximum absolute atomic E-state index is 11.2. The Morgan fingerprint density at radius 3 is 3.06 bits per heavy atom. The van der Waals surface area contributed by atoms with Crippen molar-refractivity contribution in [2.75, 3.05) is 11.4 Å². The first kappa shape index (κ1) is 11.3. The third kappa shape index (κ3) is 2.03. The summed E-state index contributed by atoms with van der Waals surface area (Å²) in [5.41, 5.74) is 5.18. The number of hydrogen-bond acceptors (Lipinski definition) is 5. The number of pyridine rings is 1. The lowest BCUT2D eigenvalue weighted by molar-refractivity contribution is -0.384. The number of nitrogens with zero attached hydrogens (tertiary/aromatic N) is 3. The summed E-state index contributed by atoms with van der Waals surface area (Å²) in [5.74, 6) is -0.249. The Kier molecular flexibility index (Phi) is 2.90. The van der Waals surface area contributed by atoms with Crippen molar-refractivity contribution in [3.05, 3.63) is 28.4 Å². The van der Waals surface area contributed by atoms with Crippen LogP contribution in [0, 0.1) is 10.1 Å². The van der Waals surface area contributed by atoms with Gasteiger partial charge in [-0.3, -0.25) is 14.9 Å². The molecule has 2 heterocycles. The molecule has 1 saturated heterocycles. The van der Waals surface area contributed by atoms with E-state index in [2.05, 4.69) is 4.98 Å².